The largest absolute Gasteiger partial charge is 0.355 e. The van der Waals surface area contributed by atoms with Crippen LogP contribution in [0.1, 0.15) is 39.0 Å². The fourth-order valence-electron chi connectivity index (χ4n) is 3.60. The quantitative estimate of drug-likeness (QED) is 0.940. The molecule has 1 fully saturated rings. The first kappa shape index (κ1) is 14.3. The molecule has 0 aromatic carbocycles. The van der Waals surface area contributed by atoms with Crippen molar-refractivity contribution >= 4 is 11.0 Å². The molecule has 1 aliphatic carbocycles. The molecule has 1 N–H and O–H groups in total. The molecule has 5 heteroatoms. The van der Waals surface area contributed by atoms with Crippen molar-refractivity contribution in [2.24, 2.45) is 0 Å². The van der Waals surface area contributed by atoms with Crippen LogP contribution in [0.2, 0.25) is 0 Å². The van der Waals surface area contributed by atoms with Gasteiger partial charge in [0.15, 0.2) is 0 Å². The second kappa shape index (κ2) is 5.64. The molecule has 0 atom stereocenters. The monoisotopic (exact) mass is 288 g/mol. The standard InChI is InChI=1S/C16H24N4O/c1-3-19(2)16(8-5-4-6-9-16)11-20-12-18-13-7-10-17-14(13)15(20)21/h7,10,12,17H,3-6,8-9,11H2,1-2H3. The number of hydrogen-bond donors (Lipinski definition) is 1. The highest BCUT2D eigenvalue weighted by Gasteiger charge is 2.36. The lowest BCUT2D eigenvalue weighted by molar-refractivity contribution is 0.0610. The van der Waals surface area contributed by atoms with Gasteiger partial charge >= 0.3 is 0 Å². The van der Waals surface area contributed by atoms with Gasteiger partial charge in [0.1, 0.15) is 5.52 Å². The molecule has 2 heterocycles. The van der Waals surface area contributed by atoms with Gasteiger partial charge in [0.25, 0.3) is 5.56 Å². The van der Waals surface area contributed by atoms with Crippen LogP contribution >= 0.6 is 0 Å². The minimum atomic E-state index is 0.0412. The van der Waals surface area contributed by atoms with Gasteiger partial charge in [0, 0.05) is 18.3 Å². The number of hydrogen-bond acceptors (Lipinski definition) is 3. The molecule has 0 bridgehead atoms. The van der Waals surface area contributed by atoms with E-state index in [1.807, 2.05) is 6.07 Å². The van der Waals surface area contributed by atoms with Gasteiger partial charge < -0.3 is 4.98 Å². The molecule has 114 valence electrons. The Morgan fingerprint density at radius 3 is 2.86 bits per heavy atom. The maximum absolute atomic E-state index is 12.6. The van der Waals surface area contributed by atoms with Gasteiger partial charge in [-0.05, 0) is 32.5 Å². The van der Waals surface area contributed by atoms with E-state index in [2.05, 4.69) is 28.8 Å². The second-order valence-electron chi connectivity index (χ2n) is 6.21. The Bertz CT molecular complexity index is 666. The summed E-state index contributed by atoms with van der Waals surface area (Å²) in [5, 5.41) is 0. The first-order valence-electron chi connectivity index (χ1n) is 7.90. The fraction of sp³-hybridized carbons (Fsp3) is 0.625. The number of aromatic amines is 1. The molecule has 0 radical (unpaired) electrons. The number of nitrogens with one attached hydrogen (secondary N) is 1. The summed E-state index contributed by atoms with van der Waals surface area (Å²) >= 11 is 0. The summed E-state index contributed by atoms with van der Waals surface area (Å²) < 4.78 is 1.79. The average Bonchev–Trinajstić information content (AvgIpc) is 2.99. The summed E-state index contributed by atoms with van der Waals surface area (Å²) in [5.41, 5.74) is 1.50. The minimum absolute atomic E-state index is 0.0412. The number of rotatable bonds is 4. The molecule has 21 heavy (non-hydrogen) atoms. The van der Waals surface area contributed by atoms with E-state index < -0.39 is 0 Å². The molecule has 2 aromatic rings. The van der Waals surface area contributed by atoms with E-state index >= 15 is 0 Å². The Hall–Kier alpha value is -1.62. The van der Waals surface area contributed by atoms with Crippen LogP contribution in [0.15, 0.2) is 23.4 Å². The summed E-state index contributed by atoms with van der Waals surface area (Å²) in [6.45, 7) is 3.93. The highest BCUT2D eigenvalue weighted by atomic mass is 16.1. The van der Waals surface area contributed by atoms with Gasteiger partial charge in [0.05, 0.1) is 11.8 Å². The zero-order valence-electron chi connectivity index (χ0n) is 12.9. The predicted octanol–water partition coefficient (Wildman–Crippen LogP) is 2.38. The van der Waals surface area contributed by atoms with Crippen molar-refractivity contribution in [3.63, 3.8) is 0 Å². The van der Waals surface area contributed by atoms with E-state index in [9.17, 15) is 4.79 Å². The van der Waals surface area contributed by atoms with E-state index in [0.717, 1.165) is 31.4 Å². The number of aromatic nitrogens is 3. The molecule has 5 nitrogen and oxygen atoms in total. The third-order valence-corrected chi connectivity index (χ3v) is 5.07. The first-order valence-corrected chi connectivity index (χ1v) is 7.90. The van der Waals surface area contributed by atoms with E-state index in [0.29, 0.717) is 5.52 Å². The Morgan fingerprint density at radius 2 is 2.14 bits per heavy atom. The Kier molecular flexibility index (Phi) is 3.85. The van der Waals surface area contributed by atoms with Crippen LogP contribution in [-0.2, 0) is 6.54 Å². The Labute approximate surface area is 125 Å². The van der Waals surface area contributed by atoms with Crippen LogP contribution < -0.4 is 5.56 Å². The van der Waals surface area contributed by atoms with Crippen LogP contribution in [0.5, 0.6) is 0 Å². The summed E-state index contributed by atoms with van der Waals surface area (Å²) in [6.07, 6.45) is 9.60. The lowest BCUT2D eigenvalue weighted by Gasteiger charge is -2.44. The van der Waals surface area contributed by atoms with E-state index in [1.54, 1.807) is 17.1 Å². The van der Waals surface area contributed by atoms with Gasteiger partial charge in [-0.3, -0.25) is 14.3 Å². The fourth-order valence-corrected chi connectivity index (χ4v) is 3.60. The van der Waals surface area contributed by atoms with Crippen molar-refractivity contribution in [3.8, 4) is 0 Å². The van der Waals surface area contributed by atoms with Crippen molar-refractivity contribution in [2.45, 2.75) is 51.1 Å². The van der Waals surface area contributed by atoms with Gasteiger partial charge in [0.2, 0.25) is 0 Å². The maximum Gasteiger partial charge on any atom is 0.277 e. The van der Waals surface area contributed by atoms with Gasteiger partial charge in [-0.1, -0.05) is 26.2 Å². The highest BCUT2D eigenvalue weighted by molar-refractivity contribution is 5.73. The van der Waals surface area contributed by atoms with E-state index in [-0.39, 0.29) is 11.1 Å². The van der Waals surface area contributed by atoms with E-state index in [4.69, 9.17) is 0 Å². The molecule has 3 rings (SSSR count). The van der Waals surface area contributed by atoms with Gasteiger partial charge in [-0.2, -0.15) is 0 Å². The summed E-state index contributed by atoms with van der Waals surface area (Å²) in [5.74, 6) is 0. The molecule has 1 aliphatic rings. The second-order valence-corrected chi connectivity index (χ2v) is 6.21. The third kappa shape index (κ3) is 2.50. The lowest BCUT2D eigenvalue weighted by Crippen LogP contribution is -2.52. The van der Waals surface area contributed by atoms with Gasteiger partial charge in [-0.25, -0.2) is 4.98 Å². The maximum atomic E-state index is 12.6. The summed E-state index contributed by atoms with van der Waals surface area (Å²) in [6, 6.07) is 1.84. The molecule has 0 aliphatic heterocycles. The zero-order valence-corrected chi connectivity index (χ0v) is 12.9. The number of H-pyrrole nitrogens is 1. The van der Waals surface area contributed by atoms with Crippen LogP contribution in [0.4, 0.5) is 0 Å². The zero-order chi connectivity index (χ0) is 14.9. The number of fused-ring (bicyclic) bond motifs is 1. The molecule has 0 saturated heterocycles. The average molecular weight is 288 g/mol. The predicted molar refractivity (Wildman–Crippen MR) is 84.5 cm³/mol. The highest BCUT2D eigenvalue weighted by Crippen LogP contribution is 2.34. The molecular weight excluding hydrogens is 264 g/mol. The minimum Gasteiger partial charge on any atom is -0.355 e. The molecular formula is C16H24N4O. The van der Waals surface area contributed by atoms with Crippen LogP contribution in [0.3, 0.4) is 0 Å². The molecule has 2 aromatic heterocycles. The summed E-state index contributed by atoms with van der Waals surface area (Å²) in [7, 11) is 2.18. The number of likely N-dealkylation sites (N-methyl/N-ethyl adjacent to an activating group) is 1. The Balaban J connectivity index is 1.97. The molecule has 0 amide bonds. The Morgan fingerprint density at radius 1 is 1.38 bits per heavy atom. The van der Waals surface area contributed by atoms with Gasteiger partial charge in [-0.15, -0.1) is 0 Å². The SMILES string of the molecule is CCN(C)C1(Cn2cnc3cc[nH]c3c2=O)CCCCC1. The topological polar surface area (TPSA) is 53.9 Å². The van der Waals surface area contributed by atoms with Crippen molar-refractivity contribution in [3.05, 3.63) is 28.9 Å². The molecule has 0 unspecified atom stereocenters. The first-order chi connectivity index (χ1) is 10.2. The van der Waals surface area contributed by atoms with Crippen molar-refractivity contribution in [1.82, 2.24) is 19.4 Å². The van der Waals surface area contributed by atoms with Crippen molar-refractivity contribution in [2.75, 3.05) is 13.6 Å². The third-order valence-electron chi connectivity index (χ3n) is 5.07. The van der Waals surface area contributed by atoms with Crippen LogP contribution in [0.25, 0.3) is 11.0 Å². The molecule has 0 spiro atoms. The summed E-state index contributed by atoms with van der Waals surface area (Å²) in [4.78, 5) is 22.4. The van der Waals surface area contributed by atoms with E-state index in [1.165, 1.54) is 19.3 Å². The smallest absolute Gasteiger partial charge is 0.277 e. The molecule has 1 saturated carbocycles. The normalized spacial score (nSPS) is 18.4. The lowest BCUT2D eigenvalue weighted by atomic mass is 9.80. The van der Waals surface area contributed by atoms with Crippen LogP contribution in [0, 0.1) is 0 Å². The van der Waals surface area contributed by atoms with Crippen LogP contribution in [-0.4, -0.2) is 38.6 Å². The van der Waals surface area contributed by atoms with Crippen molar-refractivity contribution in [1.29, 1.82) is 0 Å². The van der Waals surface area contributed by atoms with Crippen molar-refractivity contribution < 1.29 is 0 Å². The number of nitrogens with zero attached hydrogens (tertiary/aromatic N) is 3.